The Morgan fingerprint density at radius 1 is 1.00 bits per heavy atom. The molecule has 1 aliphatic heterocycles. The number of halogens is 4. The number of benzene rings is 3. The lowest BCUT2D eigenvalue weighted by atomic mass is 9.71. The van der Waals surface area contributed by atoms with Crippen LogP contribution in [0.1, 0.15) is 42.7 Å². The average Bonchev–Trinajstić information content (AvgIpc) is 2.85. The molecule has 4 nitrogen and oxygen atoms in total. The fraction of sp³-hybridized carbons (Fsp3) is 0.172. The van der Waals surface area contributed by atoms with Crippen LogP contribution in [-0.4, -0.2) is 11.7 Å². The molecule has 2 aliphatic rings. The van der Waals surface area contributed by atoms with Crippen LogP contribution < -0.4 is 10.6 Å². The van der Waals surface area contributed by atoms with Gasteiger partial charge in [0.05, 0.1) is 5.69 Å². The Balaban J connectivity index is 1.59. The summed E-state index contributed by atoms with van der Waals surface area (Å²) < 4.78 is 27.8. The minimum atomic E-state index is -0.907. The molecule has 3 aromatic rings. The van der Waals surface area contributed by atoms with Gasteiger partial charge in [-0.05, 0) is 54.7 Å². The van der Waals surface area contributed by atoms with Crippen LogP contribution in [0.2, 0.25) is 10.0 Å². The van der Waals surface area contributed by atoms with E-state index < -0.39 is 23.5 Å². The first-order chi connectivity index (χ1) is 17.7. The van der Waals surface area contributed by atoms with Gasteiger partial charge in [-0.25, -0.2) is 8.78 Å². The van der Waals surface area contributed by atoms with Gasteiger partial charge in [0.2, 0.25) is 0 Å². The van der Waals surface area contributed by atoms with E-state index in [4.69, 9.17) is 23.2 Å². The highest BCUT2D eigenvalue weighted by atomic mass is 35.5. The number of hydrogen-bond donors (Lipinski definition) is 2. The van der Waals surface area contributed by atoms with Crippen molar-refractivity contribution in [2.24, 2.45) is 0 Å². The van der Waals surface area contributed by atoms with Gasteiger partial charge in [0.15, 0.2) is 5.78 Å². The lowest BCUT2D eigenvalue weighted by molar-refractivity contribution is -0.116. The van der Waals surface area contributed by atoms with E-state index in [9.17, 15) is 18.4 Å². The average molecular weight is 539 g/mol. The van der Waals surface area contributed by atoms with Crippen molar-refractivity contribution in [1.82, 2.24) is 5.32 Å². The zero-order valence-electron chi connectivity index (χ0n) is 19.7. The van der Waals surface area contributed by atoms with E-state index in [1.165, 1.54) is 0 Å². The fourth-order valence-electron chi connectivity index (χ4n) is 5.13. The number of dihydropyridines is 1. The molecule has 37 heavy (non-hydrogen) atoms. The molecular formula is C29H22Cl2F2N2O2. The number of Topliss-reactive ketones (excluding diaryl/α,β-unsaturated/α-hetero) is 1. The maximum Gasteiger partial charge on any atom is 0.254 e. The van der Waals surface area contributed by atoms with Crippen molar-refractivity contribution in [3.8, 4) is 0 Å². The predicted molar refractivity (Wildman–Crippen MR) is 140 cm³/mol. The predicted octanol–water partition coefficient (Wildman–Crippen LogP) is 7.27. The van der Waals surface area contributed by atoms with Gasteiger partial charge in [-0.1, -0.05) is 59.6 Å². The number of anilines is 1. The summed E-state index contributed by atoms with van der Waals surface area (Å²) in [5.41, 5.74) is 3.33. The molecule has 3 aromatic carbocycles. The monoisotopic (exact) mass is 538 g/mol. The Morgan fingerprint density at radius 3 is 2.46 bits per heavy atom. The van der Waals surface area contributed by atoms with Gasteiger partial charge in [0, 0.05) is 51.0 Å². The summed E-state index contributed by atoms with van der Waals surface area (Å²) in [6.45, 7) is 1.73. The molecule has 0 saturated carbocycles. The third kappa shape index (κ3) is 4.91. The van der Waals surface area contributed by atoms with E-state index in [1.807, 2.05) is 30.3 Å². The minimum Gasteiger partial charge on any atom is -0.362 e. The standard InChI is InChI=1S/C29H22Cl2F2N2O2/c1-15-26(29(37)35-23-10-8-19(32)14-22(23)33)27(20-9-7-18(30)13-21(20)31)28-24(34-15)11-17(12-25(28)36)16-5-3-2-4-6-16/h2-10,13-14,17,27,34H,11-12H2,1H3,(H,35,37)/t17-,27-/m1/s1. The van der Waals surface area contributed by atoms with Crippen molar-refractivity contribution in [3.63, 3.8) is 0 Å². The second-order valence-corrected chi connectivity index (χ2v) is 10.0. The van der Waals surface area contributed by atoms with E-state index in [-0.39, 0.29) is 29.4 Å². The van der Waals surface area contributed by atoms with Crippen LogP contribution in [0.25, 0.3) is 0 Å². The Kier molecular flexibility index (Phi) is 6.88. The smallest absolute Gasteiger partial charge is 0.254 e. The molecule has 1 heterocycles. The number of amides is 1. The molecule has 0 bridgehead atoms. The van der Waals surface area contributed by atoms with Crippen LogP contribution in [0.3, 0.4) is 0 Å². The van der Waals surface area contributed by atoms with Gasteiger partial charge in [-0.15, -0.1) is 0 Å². The minimum absolute atomic E-state index is 0.0159. The molecule has 8 heteroatoms. The van der Waals surface area contributed by atoms with Crippen molar-refractivity contribution in [1.29, 1.82) is 0 Å². The number of allylic oxidation sites excluding steroid dienone is 3. The summed E-state index contributed by atoms with van der Waals surface area (Å²) in [5, 5.41) is 6.52. The number of hydrogen-bond acceptors (Lipinski definition) is 3. The highest BCUT2D eigenvalue weighted by Gasteiger charge is 2.41. The van der Waals surface area contributed by atoms with Gasteiger partial charge < -0.3 is 10.6 Å². The third-order valence-electron chi connectivity index (χ3n) is 6.80. The van der Waals surface area contributed by atoms with Crippen molar-refractivity contribution >= 4 is 40.6 Å². The number of carbonyl (C=O) groups is 2. The molecule has 0 saturated heterocycles. The molecule has 2 atom stereocenters. The van der Waals surface area contributed by atoms with Crippen molar-refractivity contribution in [2.75, 3.05) is 5.32 Å². The molecule has 0 aromatic heterocycles. The van der Waals surface area contributed by atoms with Crippen LogP contribution >= 0.6 is 23.2 Å². The fourth-order valence-corrected chi connectivity index (χ4v) is 5.65. The maximum atomic E-state index is 14.4. The maximum absolute atomic E-state index is 14.4. The molecule has 0 spiro atoms. The molecule has 0 radical (unpaired) electrons. The van der Waals surface area contributed by atoms with Gasteiger partial charge >= 0.3 is 0 Å². The third-order valence-corrected chi connectivity index (χ3v) is 7.36. The van der Waals surface area contributed by atoms with Crippen LogP contribution in [0, 0.1) is 11.6 Å². The Labute approximate surface area is 223 Å². The summed E-state index contributed by atoms with van der Waals surface area (Å²) in [5.74, 6) is -3.21. The van der Waals surface area contributed by atoms with E-state index in [0.717, 1.165) is 23.4 Å². The molecule has 5 rings (SSSR count). The van der Waals surface area contributed by atoms with Gasteiger partial charge in [-0.2, -0.15) is 0 Å². The van der Waals surface area contributed by atoms with Crippen molar-refractivity contribution < 1.29 is 18.4 Å². The lowest BCUT2D eigenvalue weighted by Gasteiger charge is -2.37. The molecular weight excluding hydrogens is 517 g/mol. The summed E-state index contributed by atoms with van der Waals surface area (Å²) in [6.07, 6.45) is 0.846. The Bertz CT molecular complexity index is 1480. The Hall–Kier alpha value is -3.48. The number of ketones is 1. The van der Waals surface area contributed by atoms with Crippen LogP contribution in [0.4, 0.5) is 14.5 Å². The van der Waals surface area contributed by atoms with Gasteiger partial charge in [-0.3, -0.25) is 9.59 Å². The summed E-state index contributed by atoms with van der Waals surface area (Å²) >= 11 is 12.7. The normalized spacial score (nSPS) is 19.4. The quantitative estimate of drug-likeness (QED) is 0.367. The number of carbonyl (C=O) groups excluding carboxylic acids is 2. The van der Waals surface area contributed by atoms with Crippen LogP contribution in [-0.2, 0) is 9.59 Å². The highest BCUT2D eigenvalue weighted by molar-refractivity contribution is 6.35. The van der Waals surface area contributed by atoms with Crippen LogP contribution in [0.5, 0.6) is 0 Å². The molecule has 1 aliphatic carbocycles. The molecule has 2 N–H and O–H groups in total. The van der Waals surface area contributed by atoms with Crippen molar-refractivity contribution in [3.05, 3.63) is 122 Å². The highest BCUT2D eigenvalue weighted by Crippen LogP contribution is 2.47. The first-order valence-corrected chi connectivity index (χ1v) is 12.5. The second kappa shape index (κ2) is 10.1. The number of rotatable bonds is 4. The van der Waals surface area contributed by atoms with Gasteiger partial charge in [0.1, 0.15) is 11.6 Å². The first kappa shape index (κ1) is 25.2. The summed E-state index contributed by atoms with van der Waals surface area (Å²) in [4.78, 5) is 27.2. The first-order valence-electron chi connectivity index (χ1n) is 11.7. The topological polar surface area (TPSA) is 58.2 Å². The van der Waals surface area contributed by atoms with Crippen LogP contribution in [0.15, 0.2) is 89.3 Å². The summed E-state index contributed by atoms with van der Waals surface area (Å²) in [7, 11) is 0. The molecule has 1 amide bonds. The van der Waals surface area contributed by atoms with E-state index in [2.05, 4.69) is 10.6 Å². The second-order valence-electron chi connectivity index (χ2n) is 9.17. The van der Waals surface area contributed by atoms with E-state index in [0.29, 0.717) is 39.4 Å². The number of nitrogens with one attached hydrogen (secondary N) is 2. The molecule has 0 unspecified atom stereocenters. The summed E-state index contributed by atoms with van der Waals surface area (Å²) in [6, 6.07) is 17.6. The van der Waals surface area contributed by atoms with E-state index in [1.54, 1.807) is 25.1 Å². The molecule has 0 fully saturated rings. The van der Waals surface area contributed by atoms with Crippen molar-refractivity contribution in [2.45, 2.75) is 31.6 Å². The zero-order chi connectivity index (χ0) is 26.3. The van der Waals surface area contributed by atoms with E-state index >= 15 is 0 Å². The zero-order valence-corrected chi connectivity index (χ0v) is 21.3. The Morgan fingerprint density at radius 2 is 1.76 bits per heavy atom. The SMILES string of the molecule is CC1=C(C(=O)Nc2ccc(F)cc2F)[C@@H](c2ccc(Cl)cc2Cl)C2=C(C[C@@H](c3ccccc3)CC2=O)N1. The largest absolute Gasteiger partial charge is 0.362 e. The molecule has 188 valence electrons. The van der Waals surface area contributed by atoms with Gasteiger partial charge in [0.25, 0.3) is 5.91 Å². The lowest BCUT2D eigenvalue weighted by Crippen LogP contribution is -2.37.